The monoisotopic (exact) mass is 306 g/mol. The highest BCUT2D eigenvalue weighted by Gasteiger charge is 2.29. The normalized spacial score (nSPS) is 15.4. The molecule has 0 saturated carbocycles. The number of rotatable bonds is 5. The Labute approximate surface area is 104 Å². The van der Waals surface area contributed by atoms with Crippen molar-refractivity contribution in [3.8, 4) is 0 Å². The van der Waals surface area contributed by atoms with Gasteiger partial charge in [0, 0.05) is 0 Å². The van der Waals surface area contributed by atoms with E-state index in [1.807, 2.05) is 0 Å². The number of aliphatic carboxylic acids is 3. The van der Waals surface area contributed by atoms with Crippen LogP contribution in [0.15, 0.2) is 0 Å². The van der Waals surface area contributed by atoms with Crippen LogP contribution in [0.3, 0.4) is 0 Å². The summed E-state index contributed by atoms with van der Waals surface area (Å²) >= 11 is 0. The van der Waals surface area contributed by atoms with Gasteiger partial charge in [-0.05, 0) is 0 Å². The Morgan fingerprint density at radius 3 is 1.05 bits per heavy atom. The van der Waals surface area contributed by atoms with Crippen molar-refractivity contribution < 1.29 is 58.0 Å². The number of hydrogen-bond acceptors (Lipinski definition) is 8. The van der Waals surface area contributed by atoms with E-state index < -0.39 is 45.7 Å². The van der Waals surface area contributed by atoms with Crippen LogP contribution in [0.5, 0.6) is 0 Å². The molecule has 0 heterocycles. The van der Waals surface area contributed by atoms with Gasteiger partial charge in [0.05, 0.1) is 0 Å². The minimum Gasteiger partial charge on any atom is -0.479 e. The van der Waals surface area contributed by atoms with Crippen LogP contribution >= 0.6 is 0 Å². The first-order valence-electron chi connectivity index (χ1n) is 4.01. The minimum absolute atomic E-state index is 1.77. The van der Waals surface area contributed by atoms with Crippen molar-refractivity contribution in [1.29, 1.82) is 0 Å². The fraction of sp³-hybridized carbons (Fsp3) is 0.500. The molecule has 0 spiro atoms. The van der Waals surface area contributed by atoms with Crippen LogP contribution in [0.2, 0.25) is 0 Å². The molecule has 0 aliphatic heterocycles. The predicted octanol–water partition coefficient (Wildman–Crippen LogP) is -3.85. The van der Waals surface area contributed by atoms with Crippen LogP contribution in [0.4, 0.5) is 0 Å². The quantitative estimate of drug-likeness (QED) is 0.242. The smallest absolute Gasteiger partial charge is 0.351 e. The third-order valence-electron chi connectivity index (χ3n) is 1.30. The molecular weight excluding hydrogens is 296 g/mol. The first-order chi connectivity index (χ1) is 8.32. The summed E-state index contributed by atoms with van der Waals surface area (Å²) in [4.78, 5) is 29.1. The second-order valence-corrected chi connectivity index (χ2v) is 4.25. The van der Waals surface area contributed by atoms with E-state index >= 15 is 0 Å². The molecule has 0 rings (SSSR count). The average Bonchev–Trinajstić information content (AvgIpc) is 2.25. The molecule has 12 nitrogen and oxygen atoms in total. The molecule has 0 fully saturated rings. The lowest BCUT2D eigenvalue weighted by Crippen LogP contribution is -2.39. The lowest BCUT2D eigenvalue weighted by atomic mass is 10.2. The summed E-state index contributed by atoms with van der Waals surface area (Å²) < 4.78 is 27.2. The van der Waals surface area contributed by atoms with Gasteiger partial charge in [-0.15, -0.1) is 0 Å². The Bertz CT molecular complexity index is 419. The predicted molar refractivity (Wildman–Crippen MR) is 52.5 cm³/mol. The molecule has 0 aliphatic rings. The van der Waals surface area contributed by atoms with E-state index in [2.05, 4.69) is 0 Å². The molecule has 3 atom stereocenters. The number of carbonyl (C=O) groups is 3. The lowest BCUT2D eigenvalue weighted by molar-refractivity contribution is -0.165. The first kappa shape index (κ1) is 19.5. The van der Waals surface area contributed by atoms with Crippen LogP contribution < -0.4 is 0 Å². The van der Waals surface area contributed by atoms with E-state index in [9.17, 15) is 22.8 Å². The fourth-order valence-corrected chi connectivity index (χ4v) is 0.652. The van der Waals surface area contributed by atoms with Crippen molar-refractivity contribution in [3.63, 3.8) is 0 Å². The van der Waals surface area contributed by atoms with E-state index in [0.29, 0.717) is 0 Å². The molecule has 7 N–H and O–H groups in total. The van der Waals surface area contributed by atoms with Crippen LogP contribution in [0.25, 0.3) is 0 Å². The van der Waals surface area contributed by atoms with Crippen LogP contribution in [0, 0.1) is 0 Å². The largest absolute Gasteiger partial charge is 0.479 e. The summed E-state index contributed by atoms with van der Waals surface area (Å²) in [6.45, 7) is 0. The Balaban J connectivity index is 0. The van der Waals surface area contributed by atoms with Crippen molar-refractivity contribution in [3.05, 3.63) is 0 Å². The molecule has 0 bridgehead atoms. The van der Waals surface area contributed by atoms with Gasteiger partial charge in [-0.2, -0.15) is 8.42 Å². The van der Waals surface area contributed by atoms with Crippen molar-refractivity contribution in [2.45, 2.75) is 17.6 Å². The van der Waals surface area contributed by atoms with E-state index in [-0.39, 0.29) is 0 Å². The zero-order valence-electron chi connectivity index (χ0n) is 8.81. The van der Waals surface area contributed by atoms with Gasteiger partial charge in [0.2, 0.25) is 0 Å². The SMILES string of the molecule is O=C(O)C(O)C(O)C(=O)O.O=C(O)C(O)S(=O)(=O)O. The third kappa shape index (κ3) is 8.01. The van der Waals surface area contributed by atoms with Gasteiger partial charge in [0.15, 0.2) is 12.2 Å². The maximum absolute atomic E-state index is 9.77. The standard InChI is InChI=1S/C4H6O6.C2H4O6S/c5-1(3(7)8)2(6)4(9)10;3-1(4)2(5)9(6,7)8/h1-2,5-6H,(H,7,8)(H,9,10);2,5H,(H,3,4)(H,6,7,8). The highest BCUT2D eigenvalue weighted by Crippen LogP contribution is 1.93. The molecule has 13 heteroatoms. The summed E-state index contributed by atoms with van der Waals surface area (Å²) in [6, 6.07) is 0. The third-order valence-corrected chi connectivity index (χ3v) is 2.06. The molecule has 0 aromatic rings. The zero-order valence-corrected chi connectivity index (χ0v) is 9.63. The van der Waals surface area contributed by atoms with Gasteiger partial charge in [0.1, 0.15) is 0 Å². The number of aliphatic hydroxyl groups excluding tert-OH is 3. The van der Waals surface area contributed by atoms with Crippen LogP contribution in [-0.2, 0) is 24.5 Å². The number of hydrogen-bond donors (Lipinski definition) is 7. The Morgan fingerprint density at radius 2 is 1.00 bits per heavy atom. The van der Waals surface area contributed by atoms with E-state index in [1.54, 1.807) is 0 Å². The molecule has 0 aliphatic carbocycles. The summed E-state index contributed by atoms with van der Waals surface area (Å²) in [5.74, 6) is -5.54. The van der Waals surface area contributed by atoms with Gasteiger partial charge in [-0.1, -0.05) is 0 Å². The van der Waals surface area contributed by atoms with Gasteiger partial charge < -0.3 is 30.6 Å². The Kier molecular flexibility index (Phi) is 7.81. The van der Waals surface area contributed by atoms with Crippen molar-refractivity contribution >= 4 is 28.0 Å². The first-order valence-corrected chi connectivity index (χ1v) is 5.51. The second-order valence-electron chi connectivity index (χ2n) is 2.77. The van der Waals surface area contributed by atoms with Gasteiger partial charge in [-0.3, -0.25) is 4.55 Å². The number of carboxylic acid groups (broad SMARTS) is 3. The lowest BCUT2D eigenvalue weighted by Gasteiger charge is -2.07. The maximum atomic E-state index is 9.77. The molecule has 0 saturated heterocycles. The molecule has 0 amide bonds. The number of aliphatic hydroxyl groups is 3. The molecular formula is C6H10O12S. The van der Waals surface area contributed by atoms with Crippen molar-refractivity contribution in [2.24, 2.45) is 0 Å². The highest BCUT2D eigenvalue weighted by molar-refractivity contribution is 7.87. The summed E-state index contributed by atoms with van der Waals surface area (Å²) in [6.07, 6.45) is -4.53. The summed E-state index contributed by atoms with van der Waals surface area (Å²) in [5, 5.41) is 48.3. The highest BCUT2D eigenvalue weighted by atomic mass is 32.2. The molecule has 0 radical (unpaired) electrons. The zero-order chi connectivity index (χ0) is 16.0. The molecule has 3 unspecified atom stereocenters. The van der Waals surface area contributed by atoms with Gasteiger partial charge in [-0.25, -0.2) is 14.4 Å². The van der Waals surface area contributed by atoms with Crippen molar-refractivity contribution in [2.75, 3.05) is 0 Å². The van der Waals surface area contributed by atoms with Crippen molar-refractivity contribution in [1.82, 2.24) is 0 Å². The minimum atomic E-state index is -4.85. The summed E-state index contributed by atoms with van der Waals surface area (Å²) in [5.41, 5.74) is -2.74. The van der Waals surface area contributed by atoms with E-state index in [1.165, 1.54) is 0 Å². The van der Waals surface area contributed by atoms with Crippen LogP contribution in [-0.4, -0.2) is 79.2 Å². The number of carboxylic acids is 3. The van der Waals surface area contributed by atoms with E-state index in [4.69, 9.17) is 35.2 Å². The topological polar surface area (TPSA) is 227 Å². The van der Waals surface area contributed by atoms with E-state index in [0.717, 1.165) is 0 Å². The molecule has 19 heavy (non-hydrogen) atoms. The van der Waals surface area contributed by atoms with Gasteiger partial charge in [0.25, 0.3) is 5.44 Å². The average molecular weight is 306 g/mol. The molecule has 0 aromatic carbocycles. The molecule has 0 aromatic heterocycles. The molecule has 112 valence electrons. The summed E-state index contributed by atoms with van der Waals surface area (Å²) in [7, 11) is -4.85. The fourth-order valence-electron chi connectivity index (χ4n) is 0.398. The Hall–Kier alpha value is -1.80. The Morgan fingerprint density at radius 1 is 0.737 bits per heavy atom. The van der Waals surface area contributed by atoms with Gasteiger partial charge >= 0.3 is 28.0 Å². The maximum Gasteiger partial charge on any atom is 0.351 e. The van der Waals surface area contributed by atoms with Crippen LogP contribution in [0.1, 0.15) is 0 Å². The second kappa shape index (κ2) is 7.59.